The quantitative estimate of drug-likeness (QED) is 0.620. The van der Waals surface area contributed by atoms with Crippen LogP contribution in [0.2, 0.25) is 0 Å². The van der Waals surface area contributed by atoms with Gasteiger partial charge in [0.1, 0.15) is 16.9 Å². The molecule has 2 aromatic heterocycles. The normalized spacial score (nSPS) is 16.9. The number of aromatic nitrogens is 3. The molecule has 9 heteroatoms. The van der Waals surface area contributed by atoms with Crippen molar-refractivity contribution < 1.29 is 9.18 Å². The highest BCUT2D eigenvalue weighted by atomic mass is 19.1. The summed E-state index contributed by atoms with van der Waals surface area (Å²) in [6, 6.07) is 7.05. The third kappa shape index (κ3) is 4.32. The second-order valence-corrected chi connectivity index (χ2v) is 8.84. The number of benzene rings is 1. The minimum absolute atomic E-state index is 0.173. The van der Waals surface area contributed by atoms with Gasteiger partial charge in [0.2, 0.25) is 0 Å². The van der Waals surface area contributed by atoms with Crippen LogP contribution in [0.4, 0.5) is 10.1 Å². The second-order valence-electron chi connectivity index (χ2n) is 8.84. The van der Waals surface area contributed by atoms with E-state index in [1.807, 2.05) is 19.1 Å². The van der Waals surface area contributed by atoms with Crippen molar-refractivity contribution in [2.75, 3.05) is 38.1 Å². The molecular formula is C24H27FN6O2. The summed E-state index contributed by atoms with van der Waals surface area (Å²) in [4.78, 5) is 40.2. The summed E-state index contributed by atoms with van der Waals surface area (Å²) in [5.41, 5.74) is 4.02. The molecule has 2 fully saturated rings. The lowest BCUT2D eigenvalue weighted by Crippen LogP contribution is -2.46. The van der Waals surface area contributed by atoms with E-state index in [9.17, 15) is 14.0 Å². The molecule has 1 aliphatic heterocycles. The van der Waals surface area contributed by atoms with Crippen LogP contribution in [0.3, 0.4) is 0 Å². The molecule has 8 nitrogen and oxygen atoms in total. The molecule has 1 amide bonds. The number of pyridine rings is 1. The predicted molar refractivity (Wildman–Crippen MR) is 124 cm³/mol. The molecule has 0 bridgehead atoms. The summed E-state index contributed by atoms with van der Waals surface area (Å²) in [6.45, 7) is 5.74. The molecule has 1 aliphatic carbocycles. The van der Waals surface area contributed by atoms with Crippen LogP contribution in [-0.4, -0.2) is 59.0 Å². The first-order valence-corrected chi connectivity index (χ1v) is 11.3. The zero-order valence-corrected chi connectivity index (χ0v) is 18.8. The monoisotopic (exact) mass is 450 g/mol. The minimum Gasteiger partial charge on any atom is -0.368 e. The summed E-state index contributed by atoms with van der Waals surface area (Å²) in [5.74, 6) is -0.415. The zero-order chi connectivity index (χ0) is 23.1. The van der Waals surface area contributed by atoms with Gasteiger partial charge in [-0.3, -0.25) is 14.5 Å². The molecule has 0 radical (unpaired) electrons. The fraction of sp³-hybridized carbons (Fsp3) is 0.417. The van der Waals surface area contributed by atoms with Crippen molar-refractivity contribution in [1.29, 1.82) is 0 Å². The number of rotatable bonds is 5. The van der Waals surface area contributed by atoms with Gasteiger partial charge < -0.3 is 15.2 Å². The zero-order valence-electron chi connectivity index (χ0n) is 18.8. The third-order valence-corrected chi connectivity index (χ3v) is 6.44. The van der Waals surface area contributed by atoms with Gasteiger partial charge in [-0.2, -0.15) is 0 Å². The molecule has 3 aromatic rings. The first-order chi connectivity index (χ1) is 15.9. The van der Waals surface area contributed by atoms with Gasteiger partial charge in [0, 0.05) is 45.7 Å². The Balaban J connectivity index is 1.27. The Kier molecular flexibility index (Phi) is 5.57. The van der Waals surface area contributed by atoms with E-state index in [1.165, 1.54) is 6.07 Å². The first kappa shape index (κ1) is 21.5. The SMILES string of the molecule is CNC(=O)c1ccc(N2CCN(Cc3cc(F)c4nc(C5CC5)c(=O)[nH]c4c3)CC2)c(C)n1. The molecule has 1 aromatic carbocycles. The van der Waals surface area contributed by atoms with Crippen LogP contribution in [0.5, 0.6) is 0 Å². The molecule has 0 spiro atoms. The van der Waals surface area contributed by atoms with Gasteiger partial charge in [-0.25, -0.2) is 14.4 Å². The van der Waals surface area contributed by atoms with Crippen molar-refractivity contribution in [1.82, 2.24) is 25.2 Å². The number of amides is 1. The van der Waals surface area contributed by atoms with E-state index in [0.29, 0.717) is 23.4 Å². The largest absolute Gasteiger partial charge is 0.368 e. The summed E-state index contributed by atoms with van der Waals surface area (Å²) in [7, 11) is 1.59. The van der Waals surface area contributed by atoms with Gasteiger partial charge in [0.05, 0.1) is 16.9 Å². The van der Waals surface area contributed by atoms with E-state index in [-0.39, 0.29) is 22.9 Å². The standard InChI is InChI=1S/C24H27FN6O2/c1-14-20(6-5-18(27-14)23(32)26-2)31-9-7-30(8-10-31)13-15-11-17(25)22-19(12-15)28-24(33)21(29-22)16-3-4-16/h5-6,11-12,16H,3-4,7-10,13H2,1-2H3,(H,26,32)(H,28,33). The maximum Gasteiger partial charge on any atom is 0.270 e. The number of H-pyrrole nitrogens is 1. The first-order valence-electron chi connectivity index (χ1n) is 11.3. The maximum atomic E-state index is 14.8. The maximum absolute atomic E-state index is 14.8. The molecule has 0 unspecified atom stereocenters. The highest BCUT2D eigenvalue weighted by Crippen LogP contribution is 2.37. The number of halogens is 1. The van der Waals surface area contributed by atoms with Gasteiger partial charge in [-0.05, 0) is 49.6 Å². The minimum atomic E-state index is -0.391. The number of hydrogen-bond acceptors (Lipinski definition) is 6. The number of anilines is 1. The van der Waals surface area contributed by atoms with Crippen LogP contribution in [0.1, 0.15) is 46.2 Å². The smallest absolute Gasteiger partial charge is 0.270 e. The summed E-state index contributed by atoms with van der Waals surface area (Å²) in [5, 5.41) is 2.59. The highest BCUT2D eigenvalue weighted by Gasteiger charge is 2.28. The number of aryl methyl sites for hydroxylation is 1. The molecule has 3 heterocycles. The lowest BCUT2D eigenvalue weighted by molar-refractivity contribution is 0.0958. The molecule has 172 valence electrons. The van der Waals surface area contributed by atoms with Gasteiger partial charge in [-0.1, -0.05) is 0 Å². The lowest BCUT2D eigenvalue weighted by Gasteiger charge is -2.36. The Morgan fingerprint density at radius 3 is 2.61 bits per heavy atom. The molecule has 2 aliphatic rings. The molecule has 1 saturated heterocycles. The Bertz CT molecular complexity index is 1280. The molecule has 0 atom stereocenters. The van der Waals surface area contributed by atoms with Crippen molar-refractivity contribution in [3.05, 3.63) is 63.1 Å². The van der Waals surface area contributed by atoms with Gasteiger partial charge in [0.25, 0.3) is 11.5 Å². The average Bonchev–Trinajstić information content (AvgIpc) is 3.64. The van der Waals surface area contributed by atoms with Gasteiger partial charge in [0.15, 0.2) is 5.82 Å². The van der Waals surface area contributed by atoms with E-state index >= 15 is 0 Å². The van der Waals surface area contributed by atoms with Crippen LogP contribution in [0.25, 0.3) is 11.0 Å². The number of fused-ring (bicyclic) bond motifs is 1. The van der Waals surface area contributed by atoms with Crippen LogP contribution in [0.15, 0.2) is 29.1 Å². The van der Waals surface area contributed by atoms with Crippen molar-refractivity contribution in [2.45, 2.75) is 32.2 Å². The third-order valence-electron chi connectivity index (χ3n) is 6.44. The average molecular weight is 451 g/mol. The topological polar surface area (TPSA) is 94.2 Å². The summed E-state index contributed by atoms with van der Waals surface area (Å²) in [6.07, 6.45) is 1.89. The summed E-state index contributed by atoms with van der Waals surface area (Å²) >= 11 is 0. The van der Waals surface area contributed by atoms with Crippen LogP contribution in [-0.2, 0) is 6.54 Å². The number of hydrogen-bond donors (Lipinski definition) is 2. The fourth-order valence-corrected chi connectivity index (χ4v) is 4.49. The van der Waals surface area contributed by atoms with E-state index in [2.05, 4.69) is 30.1 Å². The van der Waals surface area contributed by atoms with E-state index in [0.717, 1.165) is 56.0 Å². The van der Waals surface area contributed by atoms with Crippen molar-refractivity contribution in [3.63, 3.8) is 0 Å². The second kappa shape index (κ2) is 8.55. The molecule has 2 N–H and O–H groups in total. The predicted octanol–water partition coefficient (Wildman–Crippen LogP) is 2.32. The Hall–Kier alpha value is -3.33. The molecule has 1 saturated carbocycles. The van der Waals surface area contributed by atoms with Crippen molar-refractivity contribution in [2.24, 2.45) is 0 Å². The van der Waals surface area contributed by atoms with Gasteiger partial charge >= 0.3 is 0 Å². The fourth-order valence-electron chi connectivity index (χ4n) is 4.49. The number of carbonyl (C=O) groups is 1. The van der Waals surface area contributed by atoms with Crippen molar-refractivity contribution in [3.8, 4) is 0 Å². The number of nitrogens with one attached hydrogen (secondary N) is 2. The van der Waals surface area contributed by atoms with E-state index in [4.69, 9.17) is 0 Å². The number of nitrogens with zero attached hydrogens (tertiary/aromatic N) is 4. The number of aromatic amines is 1. The highest BCUT2D eigenvalue weighted by molar-refractivity contribution is 5.92. The lowest BCUT2D eigenvalue weighted by atomic mass is 10.1. The van der Waals surface area contributed by atoms with E-state index in [1.54, 1.807) is 13.1 Å². The van der Waals surface area contributed by atoms with Crippen LogP contribution >= 0.6 is 0 Å². The molecule has 33 heavy (non-hydrogen) atoms. The number of carbonyl (C=O) groups excluding carboxylic acids is 1. The Morgan fingerprint density at radius 2 is 1.94 bits per heavy atom. The number of piperazine rings is 1. The Morgan fingerprint density at radius 1 is 1.18 bits per heavy atom. The van der Waals surface area contributed by atoms with Crippen LogP contribution < -0.4 is 15.8 Å². The molecule has 5 rings (SSSR count). The van der Waals surface area contributed by atoms with Gasteiger partial charge in [-0.15, -0.1) is 0 Å². The Labute approximate surface area is 190 Å². The van der Waals surface area contributed by atoms with Crippen LogP contribution in [0, 0.1) is 12.7 Å². The van der Waals surface area contributed by atoms with Crippen molar-refractivity contribution >= 4 is 22.6 Å². The van der Waals surface area contributed by atoms with E-state index < -0.39 is 5.82 Å². The summed E-state index contributed by atoms with van der Waals surface area (Å²) < 4.78 is 14.8. The molecular weight excluding hydrogens is 423 g/mol.